The molecule has 1 aromatic heterocycles. The number of nitrogens with two attached hydrogens (primary N) is 1. The number of piperidine rings is 1. The van der Waals surface area contributed by atoms with Crippen LogP contribution in [0.25, 0.3) is 0 Å². The van der Waals surface area contributed by atoms with E-state index in [0.717, 1.165) is 82.4 Å². The molecule has 1 saturated heterocycles. The molecule has 1 amide bonds. The van der Waals surface area contributed by atoms with E-state index in [0.29, 0.717) is 12.5 Å². The summed E-state index contributed by atoms with van der Waals surface area (Å²) in [5.41, 5.74) is 8.56. The van der Waals surface area contributed by atoms with Gasteiger partial charge in [-0.25, -0.2) is 9.67 Å². The van der Waals surface area contributed by atoms with E-state index in [1.807, 2.05) is 30.6 Å². The Morgan fingerprint density at radius 1 is 1.03 bits per heavy atom. The van der Waals surface area contributed by atoms with Crippen LogP contribution in [0.4, 0.5) is 0 Å². The van der Waals surface area contributed by atoms with Crippen LogP contribution in [-0.2, 0) is 11.2 Å². The van der Waals surface area contributed by atoms with E-state index < -0.39 is 0 Å². The number of likely N-dealkylation sites (tertiary alicyclic amines) is 1. The van der Waals surface area contributed by atoms with Gasteiger partial charge in [0.25, 0.3) is 0 Å². The molecule has 37 heavy (non-hydrogen) atoms. The molecule has 2 heterocycles. The van der Waals surface area contributed by atoms with Crippen molar-refractivity contribution in [3.05, 3.63) is 83.9 Å². The highest BCUT2D eigenvalue weighted by molar-refractivity contribution is 5.77. The third-order valence-corrected chi connectivity index (χ3v) is 8.08. The highest BCUT2D eigenvalue weighted by Crippen LogP contribution is 2.30. The van der Waals surface area contributed by atoms with Crippen molar-refractivity contribution in [3.63, 3.8) is 0 Å². The minimum atomic E-state index is -0.324. The predicted octanol–water partition coefficient (Wildman–Crippen LogP) is 4.42. The Bertz CT molecular complexity index is 1120. The second-order valence-electron chi connectivity index (χ2n) is 10.9. The summed E-state index contributed by atoms with van der Waals surface area (Å²) < 4.78 is 2.06. The molecule has 1 atom stereocenters. The maximum atomic E-state index is 12.9. The number of aromatic nitrogens is 3. The second kappa shape index (κ2) is 12.0. The number of nitrogens with zero attached hydrogens (tertiary/aromatic N) is 4. The summed E-state index contributed by atoms with van der Waals surface area (Å²) in [4.78, 5) is 20.0. The minimum absolute atomic E-state index is 0.00675. The fourth-order valence-electron chi connectivity index (χ4n) is 5.89. The van der Waals surface area contributed by atoms with Crippen molar-refractivity contribution in [3.8, 4) is 0 Å². The predicted molar refractivity (Wildman–Crippen MR) is 146 cm³/mol. The molecule has 1 aliphatic carbocycles. The van der Waals surface area contributed by atoms with Crippen LogP contribution in [0.5, 0.6) is 0 Å². The highest BCUT2D eigenvalue weighted by atomic mass is 16.1. The van der Waals surface area contributed by atoms with Gasteiger partial charge >= 0.3 is 0 Å². The number of hydrogen-bond acceptors (Lipinski definition) is 5. The average Bonchev–Trinajstić information content (AvgIpc) is 3.57. The molecular weight excluding hydrogens is 460 g/mol. The van der Waals surface area contributed by atoms with E-state index >= 15 is 0 Å². The Kier molecular flexibility index (Phi) is 8.31. The van der Waals surface area contributed by atoms with E-state index in [1.54, 1.807) is 0 Å². The van der Waals surface area contributed by atoms with Crippen molar-refractivity contribution in [2.75, 3.05) is 19.6 Å². The number of nitrogens with one attached hydrogen (secondary N) is 1. The Labute approximate surface area is 220 Å². The van der Waals surface area contributed by atoms with Gasteiger partial charge in [0, 0.05) is 38.0 Å². The monoisotopic (exact) mass is 500 g/mol. The molecule has 3 aromatic rings. The lowest BCUT2D eigenvalue weighted by atomic mass is 9.93. The van der Waals surface area contributed by atoms with E-state index in [-0.39, 0.29) is 17.5 Å². The lowest BCUT2D eigenvalue weighted by Gasteiger charge is -2.33. The zero-order valence-corrected chi connectivity index (χ0v) is 21.8. The first-order chi connectivity index (χ1) is 18.1. The first kappa shape index (κ1) is 25.6. The summed E-state index contributed by atoms with van der Waals surface area (Å²) >= 11 is 0. The second-order valence-corrected chi connectivity index (χ2v) is 10.9. The molecule has 1 saturated carbocycles. The number of amides is 1. The van der Waals surface area contributed by atoms with Gasteiger partial charge in [0.1, 0.15) is 6.33 Å². The summed E-state index contributed by atoms with van der Waals surface area (Å²) in [6.07, 6.45) is 10.3. The molecule has 5 rings (SSSR count). The smallest absolute Gasteiger partial charge is 0.222 e. The Balaban J connectivity index is 1.12. The van der Waals surface area contributed by atoms with Gasteiger partial charge in [0.05, 0.1) is 12.1 Å². The van der Waals surface area contributed by atoms with Gasteiger partial charge in [0.15, 0.2) is 5.82 Å². The maximum Gasteiger partial charge on any atom is 0.222 e. The summed E-state index contributed by atoms with van der Waals surface area (Å²) in [5.74, 6) is 0.960. The number of carbonyl (C=O) groups is 1. The number of hydrogen-bond donors (Lipinski definition) is 2. The molecule has 7 nitrogen and oxygen atoms in total. The molecule has 7 heteroatoms. The van der Waals surface area contributed by atoms with Gasteiger partial charge in [-0.2, -0.15) is 5.10 Å². The van der Waals surface area contributed by atoms with Crippen LogP contribution >= 0.6 is 0 Å². The van der Waals surface area contributed by atoms with Crippen LogP contribution in [0.2, 0.25) is 0 Å². The van der Waals surface area contributed by atoms with Crippen LogP contribution < -0.4 is 11.1 Å². The molecule has 2 fully saturated rings. The van der Waals surface area contributed by atoms with Crippen LogP contribution in [-0.4, -0.2) is 50.7 Å². The number of benzene rings is 2. The van der Waals surface area contributed by atoms with Crippen molar-refractivity contribution in [1.82, 2.24) is 25.0 Å². The van der Waals surface area contributed by atoms with Crippen LogP contribution in [0, 0.1) is 0 Å². The molecule has 2 aromatic carbocycles. The van der Waals surface area contributed by atoms with Gasteiger partial charge in [-0.05, 0) is 43.2 Å². The number of carbonyl (C=O) groups excluding carboxylic acids is 1. The van der Waals surface area contributed by atoms with Gasteiger partial charge in [-0.1, -0.05) is 73.5 Å². The van der Waals surface area contributed by atoms with Crippen molar-refractivity contribution in [2.45, 2.75) is 75.4 Å². The Morgan fingerprint density at radius 2 is 1.70 bits per heavy atom. The van der Waals surface area contributed by atoms with Crippen molar-refractivity contribution >= 4 is 5.91 Å². The molecule has 0 spiro atoms. The fourth-order valence-corrected chi connectivity index (χ4v) is 5.89. The standard InChI is InChI=1S/C30H40N6O/c31-30(16-7-8-17-30)22-29(37)33-27(25-11-5-2-6-12-25)15-20-35-18-13-26(14-19-35)36-23-32-28(34-36)21-24-9-3-1-4-10-24/h1-6,9-12,23,26-27H,7-8,13-22,31H2,(H,33,37)/t27-/m0/s1. The van der Waals surface area contributed by atoms with E-state index in [2.05, 4.69) is 56.3 Å². The van der Waals surface area contributed by atoms with Crippen molar-refractivity contribution < 1.29 is 4.79 Å². The minimum Gasteiger partial charge on any atom is -0.349 e. The third-order valence-electron chi connectivity index (χ3n) is 8.08. The van der Waals surface area contributed by atoms with Gasteiger partial charge in [-0.3, -0.25) is 4.79 Å². The molecule has 3 N–H and O–H groups in total. The fraction of sp³-hybridized carbons (Fsp3) is 0.500. The SMILES string of the molecule is NC1(CC(=O)N[C@@H](CCN2CCC(n3cnc(Cc4ccccc4)n3)CC2)c2ccccc2)CCCC1. The summed E-state index contributed by atoms with van der Waals surface area (Å²) in [6, 6.07) is 21.1. The summed E-state index contributed by atoms with van der Waals surface area (Å²) in [5, 5.41) is 8.09. The van der Waals surface area contributed by atoms with E-state index in [1.165, 1.54) is 5.56 Å². The van der Waals surface area contributed by atoms with Crippen molar-refractivity contribution in [2.24, 2.45) is 5.73 Å². The maximum absolute atomic E-state index is 12.9. The summed E-state index contributed by atoms with van der Waals surface area (Å²) in [7, 11) is 0. The average molecular weight is 501 g/mol. The molecule has 2 aliphatic rings. The van der Waals surface area contributed by atoms with Crippen LogP contribution in [0.1, 0.15) is 80.4 Å². The lowest BCUT2D eigenvalue weighted by molar-refractivity contribution is -0.123. The third kappa shape index (κ3) is 7.05. The topological polar surface area (TPSA) is 89.1 Å². The lowest BCUT2D eigenvalue weighted by Crippen LogP contribution is -2.43. The zero-order valence-electron chi connectivity index (χ0n) is 21.8. The molecule has 1 aliphatic heterocycles. The largest absolute Gasteiger partial charge is 0.349 e. The normalized spacial score (nSPS) is 19.1. The first-order valence-electron chi connectivity index (χ1n) is 13.9. The summed E-state index contributed by atoms with van der Waals surface area (Å²) in [6.45, 7) is 3.01. The van der Waals surface area contributed by atoms with E-state index in [9.17, 15) is 4.79 Å². The zero-order chi connectivity index (χ0) is 25.5. The molecule has 196 valence electrons. The first-order valence-corrected chi connectivity index (χ1v) is 13.9. The highest BCUT2D eigenvalue weighted by Gasteiger charge is 2.32. The van der Waals surface area contributed by atoms with Crippen LogP contribution in [0.15, 0.2) is 67.0 Å². The van der Waals surface area contributed by atoms with E-state index in [4.69, 9.17) is 10.8 Å². The Morgan fingerprint density at radius 3 is 2.41 bits per heavy atom. The van der Waals surface area contributed by atoms with Crippen LogP contribution in [0.3, 0.4) is 0 Å². The molecule has 0 radical (unpaired) electrons. The quantitative estimate of drug-likeness (QED) is 0.430. The molecule has 0 bridgehead atoms. The van der Waals surface area contributed by atoms with Gasteiger partial charge < -0.3 is 16.0 Å². The Hall–Kier alpha value is -3.03. The molecule has 0 unspecified atom stereocenters. The van der Waals surface area contributed by atoms with Gasteiger partial charge in [-0.15, -0.1) is 0 Å². The van der Waals surface area contributed by atoms with Crippen molar-refractivity contribution in [1.29, 1.82) is 0 Å². The molecular formula is C30H40N6O. The number of rotatable bonds is 10. The van der Waals surface area contributed by atoms with Gasteiger partial charge in [0.2, 0.25) is 5.91 Å².